The van der Waals surface area contributed by atoms with E-state index in [0.29, 0.717) is 0 Å². The topological polar surface area (TPSA) is 20.3 Å². The van der Waals surface area contributed by atoms with Gasteiger partial charge in [-0.3, -0.25) is 4.79 Å². The number of anilines is 1. The van der Waals surface area contributed by atoms with Gasteiger partial charge >= 0.3 is 0 Å². The molecule has 0 unspecified atom stereocenters. The van der Waals surface area contributed by atoms with Crippen molar-refractivity contribution in [1.29, 1.82) is 0 Å². The molecule has 1 aromatic heterocycles. The first-order valence-electron chi connectivity index (χ1n) is 6.63. The smallest absolute Gasteiger partial charge is 0.268 e. The van der Waals surface area contributed by atoms with Crippen molar-refractivity contribution in [3.05, 3.63) is 51.2 Å². The maximum absolute atomic E-state index is 12.6. The standard InChI is InChI=1S/C16H17NOS/c1-11-5-7-14-13(10-11)4-3-9-17(14)16(18)15-8-6-12(2)19-15/h5-8,10H,3-4,9H2,1-2H3. The molecule has 3 heteroatoms. The molecule has 3 rings (SSSR count). The summed E-state index contributed by atoms with van der Waals surface area (Å²) in [6.45, 7) is 4.96. The second-order valence-corrected chi connectivity index (χ2v) is 6.39. The van der Waals surface area contributed by atoms with Crippen LogP contribution in [0, 0.1) is 13.8 Å². The van der Waals surface area contributed by atoms with Crippen LogP contribution >= 0.6 is 11.3 Å². The molecule has 0 fully saturated rings. The van der Waals surface area contributed by atoms with Crippen LogP contribution in [0.5, 0.6) is 0 Å². The molecule has 19 heavy (non-hydrogen) atoms. The molecule has 0 saturated heterocycles. The summed E-state index contributed by atoms with van der Waals surface area (Å²) in [6, 6.07) is 10.3. The third-order valence-corrected chi connectivity index (χ3v) is 4.54. The molecule has 0 spiro atoms. The molecule has 1 amide bonds. The van der Waals surface area contributed by atoms with Crippen LogP contribution < -0.4 is 4.90 Å². The van der Waals surface area contributed by atoms with E-state index in [2.05, 4.69) is 25.1 Å². The van der Waals surface area contributed by atoms with Crippen molar-refractivity contribution < 1.29 is 4.79 Å². The average Bonchev–Trinajstić information content (AvgIpc) is 2.83. The Hall–Kier alpha value is -1.61. The van der Waals surface area contributed by atoms with Crippen LogP contribution in [-0.4, -0.2) is 12.5 Å². The van der Waals surface area contributed by atoms with E-state index < -0.39 is 0 Å². The Labute approximate surface area is 117 Å². The van der Waals surface area contributed by atoms with Crippen LogP contribution in [-0.2, 0) is 6.42 Å². The molecule has 0 N–H and O–H groups in total. The van der Waals surface area contributed by atoms with Crippen LogP contribution in [0.15, 0.2) is 30.3 Å². The lowest BCUT2D eigenvalue weighted by Crippen LogP contribution is -2.35. The number of amides is 1. The number of nitrogens with zero attached hydrogens (tertiary/aromatic N) is 1. The van der Waals surface area contributed by atoms with E-state index in [9.17, 15) is 4.79 Å². The fourth-order valence-corrected chi connectivity index (χ4v) is 3.44. The zero-order chi connectivity index (χ0) is 13.4. The van der Waals surface area contributed by atoms with E-state index in [1.165, 1.54) is 16.0 Å². The molecular formula is C16H17NOS. The zero-order valence-corrected chi connectivity index (χ0v) is 12.1. The number of rotatable bonds is 1. The first-order valence-corrected chi connectivity index (χ1v) is 7.44. The van der Waals surface area contributed by atoms with Crippen LogP contribution in [0.3, 0.4) is 0 Å². The lowest BCUT2D eigenvalue weighted by atomic mass is 9.99. The minimum atomic E-state index is 0.142. The van der Waals surface area contributed by atoms with Crippen molar-refractivity contribution in [3.8, 4) is 0 Å². The Morgan fingerprint density at radius 1 is 1.21 bits per heavy atom. The van der Waals surface area contributed by atoms with Crippen LogP contribution in [0.25, 0.3) is 0 Å². The average molecular weight is 271 g/mol. The molecule has 0 radical (unpaired) electrons. The van der Waals surface area contributed by atoms with Gasteiger partial charge in [0.25, 0.3) is 5.91 Å². The maximum atomic E-state index is 12.6. The van der Waals surface area contributed by atoms with E-state index in [4.69, 9.17) is 0 Å². The molecular weight excluding hydrogens is 254 g/mol. The maximum Gasteiger partial charge on any atom is 0.268 e. The van der Waals surface area contributed by atoms with Gasteiger partial charge in [-0.05, 0) is 50.5 Å². The van der Waals surface area contributed by atoms with E-state index in [1.807, 2.05) is 24.0 Å². The largest absolute Gasteiger partial charge is 0.307 e. The minimum Gasteiger partial charge on any atom is -0.307 e. The molecule has 0 atom stereocenters. The van der Waals surface area contributed by atoms with E-state index in [0.717, 1.165) is 30.0 Å². The third-order valence-electron chi connectivity index (χ3n) is 3.55. The molecule has 1 aromatic carbocycles. The summed E-state index contributed by atoms with van der Waals surface area (Å²) >= 11 is 1.58. The molecule has 98 valence electrons. The number of fused-ring (bicyclic) bond motifs is 1. The van der Waals surface area contributed by atoms with Crippen molar-refractivity contribution in [1.82, 2.24) is 0 Å². The SMILES string of the molecule is Cc1ccc2c(c1)CCCN2C(=O)c1ccc(C)s1. The van der Waals surface area contributed by atoms with Crippen molar-refractivity contribution >= 4 is 22.9 Å². The van der Waals surface area contributed by atoms with Gasteiger partial charge < -0.3 is 4.90 Å². The summed E-state index contributed by atoms with van der Waals surface area (Å²) in [5.41, 5.74) is 3.65. The minimum absolute atomic E-state index is 0.142. The molecule has 0 aliphatic carbocycles. The summed E-state index contributed by atoms with van der Waals surface area (Å²) in [7, 11) is 0. The van der Waals surface area contributed by atoms with Gasteiger partial charge in [-0.1, -0.05) is 17.7 Å². The van der Waals surface area contributed by atoms with Crippen LogP contribution in [0.2, 0.25) is 0 Å². The van der Waals surface area contributed by atoms with Gasteiger partial charge in [0.1, 0.15) is 0 Å². The summed E-state index contributed by atoms with van der Waals surface area (Å²) in [6.07, 6.45) is 2.12. The van der Waals surface area contributed by atoms with E-state index in [1.54, 1.807) is 11.3 Å². The summed E-state index contributed by atoms with van der Waals surface area (Å²) in [4.78, 5) is 16.6. The summed E-state index contributed by atoms with van der Waals surface area (Å²) < 4.78 is 0. The molecule has 2 nitrogen and oxygen atoms in total. The fourth-order valence-electron chi connectivity index (χ4n) is 2.62. The van der Waals surface area contributed by atoms with Gasteiger partial charge in [-0.15, -0.1) is 11.3 Å². The lowest BCUT2D eigenvalue weighted by Gasteiger charge is -2.29. The molecule has 1 aliphatic heterocycles. The monoisotopic (exact) mass is 271 g/mol. The molecule has 1 aliphatic rings. The van der Waals surface area contributed by atoms with Crippen molar-refractivity contribution in [2.45, 2.75) is 26.7 Å². The number of hydrogen-bond acceptors (Lipinski definition) is 2. The Morgan fingerprint density at radius 2 is 2.05 bits per heavy atom. The van der Waals surface area contributed by atoms with Crippen molar-refractivity contribution in [2.24, 2.45) is 0 Å². The van der Waals surface area contributed by atoms with Crippen molar-refractivity contribution in [3.63, 3.8) is 0 Å². The quantitative estimate of drug-likeness (QED) is 0.769. The highest BCUT2D eigenvalue weighted by Crippen LogP contribution is 2.30. The number of carbonyl (C=O) groups is 1. The normalized spacial score (nSPS) is 14.3. The van der Waals surface area contributed by atoms with Gasteiger partial charge in [0, 0.05) is 17.1 Å². The number of thiophene rings is 1. The van der Waals surface area contributed by atoms with E-state index in [-0.39, 0.29) is 5.91 Å². The van der Waals surface area contributed by atoms with Gasteiger partial charge in [0.05, 0.1) is 4.88 Å². The first-order chi connectivity index (χ1) is 9.15. The predicted molar refractivity (Wildman–Crippen MR) is 80.2 cm³/mol. The second kappa shape index (κ2) is 4.82. The predicted octanol–water partition coefficient (Wildman–Crippen LogP) is 3.96. The first kappa shape index (κ1) is 12.4. The van der Waals surface area contributed by atoms with Crippen molar-refractivity contribution in [2.75, 3.05) is 11.4 Å². The number of carbonyl (C=O) groups excluding carboxylic acids is 1. The Morgan fingerprint density at radius 3 is 2.79 bits per heavy atom. The molecule has 0 bridgehead atoms. The molecule has 2 aromatic rings. The molecule has 2 heterocycles. The highest BCUT2D eigenvalue weighted by Gasteiger charge is 2.24. The lowest BCUT2D eigenvalue weighted by molar-refractivity contribution is 0.0989. The van der Waals surface area contributed by atoms with Crippen LogP contribution in [0.1, 0.15) is 32.1 Å². The molecule has 0 saturated carbocycles. The number of aryl methyl sites for hydroxylation is 3. The van der Waals surface area contributed by atoms with Gasteiger partial charge in [-0.25, -0.2) is 0 Å². The van der Waals surface area contributed by atoms with Crippen LogP contribution in [0.4, 0.5) is 5.69 Å². The Bertz CT molecular complexity index is 629. The van der Waals surface area contributed by atoms with Gasteiger partial charge in [-0.2, -0.15) is 0 Å². The number of hydrogen-bond donors (Lipinski definition) is 0. The Kier molecular flexibility index (Phi) is 3.15. The second-order valence-electron chi connectivity index (χ2n) is 5.10. The summed E-state index contributed by atoms with van der Waals surface area (Å²) in [5, 5.41) is 0. The Balaban J connectivity index is 1.97. The highest BCUT2D eigenvalue weighted by atomic mass is 32.1. The zero-order valence-electron chi connectivity index (χ0n) is 11.3. The van der Waals surface area contributed by atoms with Gasteiger partial charge in [0.2, 0.25) is 0 Å². The third kappa shape index (κ3) is 2.30. The fraction of sp³-hybridized carbons (Fsp3) is 0.312. The highest BCUT2D eigenvalue weighted by molar-refractivity contribution is 7.14. The van der Waals surface area contributed by atoms with E-state index >= 15 is 0 Å². The van der Waals surface area contributed by atoms with Gasteiger partial charge in [0.15, 0.2) is 0 Å². The number of benzene rings is 1. The summed E-state index contributed by atoms with van der Waals surface area (Å²) in [5.74, 6) is 0.142.